The number of nitrogens with two attached hydrogens (primary N) is 1. The Morgan fingerprint density at radius 3 is 2.86 bits per heavy atom. The molecule has 8 heteroatoms. The number of pyridine rings is 1. The van der Waals surface area contributed by atoms with Gasteiger partial charge in [0.1, 0.15) is 12.4 Å². The van der Waals surface area contributed by atoms with E-state index in [-0.39, 0.29) is 18.0 Å². The number of anilines is 1. The molecule has 0 saturated carbocycles. The number of nitrogens with one attached hydrogen (secondary N) is 1. The fraction of sp³-hybridized carbons (Fsp3) is 0.154. The normalized spacial score (nSPS) is 10.0. The van der Waals surface area contributed by atoms with Crippen LogP contribution in [0.5, 0.6) is 11.5 Å². The van der Waals surface area contributed by atoms with Crippen LogP contribution in [0, 0.1) is 10.1 Å². The molecule has 0 aliphatic carbocycles. The van der Waals surface area contributed by atoms with E-state index < -0.39 is 4.92 Å². The van der Waals surface area contributed by atoms with E-state index in [1.165, 1.54) is 25.3 Å². The number of methoxy groups -OCH3 is 1. The van der Waals surface area contributed by atoms with Crippen LogP contribution in [-0.4, -0.2) is 17.0 Å². The summed E-state index contributed by atoms with van der Waals surface area (Å²) in [4.78, 5) is 14.6. The van der Waals surface area contributed by atoms with Crippen molar-refractivity contribution in [3.05, 3.63) is 52.3 Å². The third-order valence-corrected chi connectivity index (χ3v) is 2.72. The van der Waals surface area contributed by atoms with Gasteiger partial charge < -0.3 is 14.9 Å². The first-order valence-electron chi connectivity index (χ1n) is 6.01. The second-order valence-corrected chi connectivity index (χ2v) is 4.06. The molecule has 0 spiro atoms. The van der Waals surface area contributed by atoms with Crippen LogP contribution in [0.3, 0.4) is 0 Å². The van der Waals surface area contributed by atoms with E-state index in [1.807, 2.05) is 0 Å². The molecule has 0 saturated heterocycles. The minimum atomic E-state index is -0.514. The van der Waals surface area contributed by atoms with Gasteiger partial charge in [0.05, 0.1) is 23.4 Å². The molecule has 110 valence electrons. The standard InChI is InChI=1S/C13H14N4O4/c1-20-11-2-3-12(17(18)19)13(7-11)21-8-10-6-9(16-14)4-5-15-10/h2-7H,8,14H2,1H3,(H,15,16). The maximum absolute atomic E-state index is 11.0. The first-order chi connectivity index (χ1) is 10.1. The fourth-order valence-electron chi connectivity index (χ4n) is 1.69. The van der Waals surface area contributed by atoms with E-state index in [2.05, 4.69) is 10.4 Å². The van der Waals surface area contributed by atoms with Gasteiger partial charge in [-0.05, 0) is 18.2 Å². The molecule has 1 heterocycles. The van der Waals surface area contributed by atoms with Crippen molar-refractivity contribution >= 4 is 11.4 Å². The number of hydrazine groups is 1. The number of hydrogen-bond acceptors (Lipinski definition) is 7. The van der Waals surface area contributed by atoms with Gasteiger partial charge >= 0.3 is 5.69 Å². The second kappa shape index (κ2) is 6.53. The van der Waals surface area contributed by atoms with Gasteiger partial charge in [0.15, 0.2) is 0 Å². The summed E-state index contributed by atoms with van der Waals surface area (Å²) in [5.41, 5.74) is 3.61. The first kappa shape index (κ1) is 14.5. The van der Waals surface area contributed by atoms with Gasteiger partial charge in [-0.3, -0.25) is 20.9 Å². The van der Waals surface area contributed by atoms with Crippen molar-refractivity contribution in [3.63, 3.8) is 0 Å². The Labute approximate surface area is 120 Å². The molecule has 2 aromatic rings. The smallest absolute Gasteiger partial charge is 0.311 e. The predicted octanol–water partition coefficient (Wildman–Crippen LogP) is 1.86. The van der Waals surface area contributed by atoms with Gasteiger partial charge in [-0.1, -0.05) is 0 Å². The Bertz CT molecular complexity index is 648. The van der Waals surface area contributed by atoms with Crippen molar-refractivity contribution in [2.75, 3.05) is 12.5 Å². The summed E-state index contributed by atoms with van der Waals surface area (Å²) in [7, 11) is 1.48. The molecule has 0 fully saturated rings. The summed E-state index contributed by atoms with van der Waals surface area (Å²) in [6.45, 7) is 0.0729. The molecule has 21 heavy (non-hydrogen) atoms. The number of hydrogen-bond donors (Lipinski definition) is 2. The lowest BCUT2D eigenvalue weighted by atomic mass is 10.2. The predicted molar refractivity (Wildman–Crippen MR) is 76.0 cm³/mol. The number of nitro groups is 1. The molecule has 1 aromatic carbocycles. The quantitative estimate of drug-likeness (QED) is 0.474. The molecule has 0 unspecified atom stereocenters. The van der Waals surface area contributed by atoms with Crippen LogP contribution < -0.4 is 20.7 Å². The third kappa shape index (κ3) is 3.57. The van der Waals surface area contributed by atoms with Gasteiger partial charge in [-0.25, -0.2) is 0 Å². The number of aromatic nitrogens is 1. The summed E-state index contributed by atoms with van der Waals surface area (Å²) in [5.74, 6) is 5.89. The Balaban J connectivity index is 2.19. The van der Waals surface area contributed by atoms with Crippen LogP contribution in [0.15, 0.2) is 36.5 Å². The minimum Gasteiger partial charge on any atom is -0.497 e. The monoisotopic (exact) mass is 290 g/mol. The molecular weight excluding hydrogens is 276 g/mol. The molecule has 0 amide bonds. The Hall–Kier alpha value is -2.87. The van der Waals surface area contributed by atoms with Crippen molar-refractivity contribution in [3.8, 4) is 11.5 Å². The van der Waals surface area contributed by atoms with E-state index in [0.717, 1.165) is 0 Å². The summed E-state index contributed by atoms with van der Waals surface area (Å²) >= 11 is 0. The van der Waals surface area contributed by atoms with Crippen LogP contribution in [0.25, 0.3) is 0 Å². The third-order valence-electron chi connectivity index (χ3n) is 2.72. The number of benzene rings is 1. The molecule has 0 aliphatic heterocycles. The van der Waals surface area contributed by atoms with Crippen molar-refractivity contribution in [2.24, 2.45) is 5.84 Å². The average molecular weight is 290 g/mol. The molecule has 0 bridgehead atoms. The van der Waals surface area contributed by atoms with Crippen molar-refractivity contribution in [2.45, 2.75) is 6.61 Å². The van der Waals surface area contributed by atoms with Crippen molar-refractivity contribution < 1.29 is 14.4 Å². The molecule has 0 atom stereocenters. The lowest BCUT2D eigenvalue weighted by Gasteiger charge is -2.09. The number of nitro benzene ring substituents is 1. The highest BCUT2D eigenvalue weighted by Crippen LogP contribution is 2.31. The topological polar surface area (TPSA) is 113 Å². The van der Waals surface area contributed by atoms with E-state index in [4.69, 9.17) is 15.3 Å². The lowest BCUT2D eigenvalue weighted by Crippen LogP contribution is -2.08. The minimum absolute atomic E-state index is 0.0729. The Morgan fingerprint density at radius 2 is 2.19 bits per heavy atom. The maximum atomic E-state index is 11.0. The molecule has 1 aromatic heterocycles. The molecule has 0 aliphatic rings. The molecule has 0 radical (unpaired) electrons. The van der Waals surface area contributed by atoms with Gasteiger partial charge in [0.25, 0.3) is 0 Å². The van der Waals surface area contributed by atoms with Gasteiger partial charge in [0.2, 0.25) is 5.75 Å². The molecule has 8 nitrogen and oxygen atoms in total. The maximum Gasteiger partial charge on any atom is 0.311 e. The molecule has 2 rings (SSSR count). The number of rotatable bonds is 6. The zero-order valence-electron chi connectivity index (χ0n) is 11.3. The van der Waals surface area contributed by atoms with Gasteiger partial charge in [-0.2, -0.15) is 0 Å². The van der Waals surface area contributed by atoms with Crippen LogP contribution in [-0.2, 0) is 6.61 Å². The average Bonchev–Trinajstić information content (AvgIpc) is 2.52. The second-order valence-electron chi connectivity index (χ2n) is 4.06. The van der Waals surface area contributed by atoms with E-state index in [9.17, 15) is 10.1 Å². The van der Waals surface area contributed by atoms with Crippen LogP contribution in [0.1, 0.15) is 5.69 Å². The first-order valence-corrected chi connectivity index (χ1v) is 6.01. The van der Waals surface area contributed by atoms with Crippen LogP contribution in [0.2, 0.25) is 0 Å². The van der Waals surface area contributed by atoms with Crippen molar-refractivity contribution in [1.29, 1.82) is 0 Å². The highest BCUT2D eigenvalue weighted by atomic mass is 16.6. The Morgan fingerprint density at radius 1 is 1.38 bits per heavy atom. The summed E-state index contributed by atoms with van der Waals surface area (Å²) < 4.78 is 10.5. The van der Waals surface area contributed by atoms with Crippen molar-refractivity contribution in [1.82, 2.24) is 4.98 Å². The highest BCUT2D eigenvalue weighted by molar-refractivity contribution is 5.50. The van der Waals surface area contributed by atoms with Crippen LogP contribution in [0.4, 0.5) is 11.4 Å². The van der Waals surface area contributed by atoms with Gasteiger partial charge in [0, 0.05) is 18.3 Å². The molecular formula is C13H14N4O4. The van der Waals surface area contributed by atoms with Gasteiger partial charge in [-0.15, -0.1) is 0 Å². The van der Waals surface area contributed by atoms with E-state index in [1.54, 1.807) is 18.3 Å². The Kier molecular flexibility index (Phi) is 4.52. The fourth-order valence-corrected chi connectivity index (χ4v) is 1.69. The zero-order chi connectivity index (χ0) is 15.2. The number of nitrogens with zero attached hydrogens (tertiary/aromatic N) is 2. The SMILES string of the molecule is COc1ccc([N+](=O)[O-])c(OCc2cc(NN)ccn2)c1. The van der Waals surface area contributed by atoms with E-state index >= 15 is 0 Å². The summed E-state index contributed by atoms with van der Waals surface area (Å²) in [6, 6.07) is 7.67. The number of ether oxygens (including phenoxy) is 2. The summed E-state index contributed by atoms with van der Waals surface area (Å²) in [6.07, 6.45) is 1.56. The lowest BCUT2D eigenvalue weighted by molar-refractivity contribution is -0.386. The summed E-state index contributed by atoms with van der Waals surface area (Å²) in [5, 5.41) is 11.0. The van der Waals surface area contributed by atoms with Crippen LogP contribution >= 0.6 is 0 Å². The van der Waals surface area contributed by atoms with E-state index in [0.29, 0.717) is 17.1 Å². The zero-order valence-corrected chi connectivity index (χ0v) is 11.3. The highest BCUT2D eigenvalue weighted by Gasteiger charge is 2.16. The molecule has 3 N–H and O–H groups in total. The largest absolute Gasteiger partial charge is 0.497 e. The number of nitrogen functional groups attached to an aromatic ring is 1.